The van der Waals surface area contributed by atoms with E-state index in [-0.39, 0.29) is 10.6 Å². The van der Waals surface area contributed by atoms with E-state index in [0.717, 1.165) is 6.07 Å². The van der Waals surface area contributed by atoms with Crippen molar-refractivity contribution >= 4 is 11.6 Å². The summed E-state index contributed by atoms with van der Waals surface area (Å²) in [5.74, 6) is 0. The van der Waals surface area contributed by atoms with Crippen LogP contribution in [0.25, 0.3) is 0 Å². The van der Waals surface area contributed by atoms with E-state index in [4.69, 9.17) is 17.3 Å². The fourth-order valence-corrected chi connectivity index (χ4v) is 1.36. The maximum atomic E-state index is 12.3. The van der Waals surface area contributed by atoms with Crippen molar-refractivity contribution in [1.29, 1.82) is 0 Å². The van der Waals surface area contributed by atoms with Gasteiger partial charge in [-0.1, -0.05) is 11.6 Å². The molecule has 1 nitrogen and oxygen atoms in total. The van der Waals surface area contributed by atoms with Crippen LogP contribution >= 0.6 is 11.6 Å². The molecule has 0 saturated carbocycles. The first-order valence-electron chi connectivity index (χ1n) is 4.13. The summed E-state index contributed by atoms with van der Waals surface area (Å²) >= 11 is 5.40. The molecule has 16 heavy (non-hydrogen) atoms. The highest BCUT2D eigenvalue weighted by Crippen LogP contribution is 2.33. The number of alkyl halides is 5. The van der Waals surface area contributed by atoms with E-state index >= 15 is 0 Å². The molecule has 0 spiro atoms. The largest absolute Gasteiger partial charge is 0.416 e. The van der Waals surface area contributed by atoms with E-state index in [0.29, 0.717) is 12.1 Å². The summed E-state index contributed by atoms with van der Waals surface area (Å²) < 4.78 is 61.4. The van der Waals surface area contributed by atoms with Gasteiger partial charge >= 0.3 is 6.18 Å². The summed E-state index contributed by atoms with van der Waals surface area (Å²) in [6, 6.07) is 0.444. The Labute approximate surface area is 93.0 Å². The normalized spacial score (nSPS) is 14.2. The van der Waals surface area contributed by atoms with Crippen LogP contribution in [0.5, 0.6) is 0 Å². The second-order valence-electron chi connectivity index (χ2n) is 3.13. The third kappa shape index (κ3) is 3.05. The summed E-state index contributed by atoms with van der Waals surface area (Å²) in [6.45, 7) is 0. The molecule has 0 radical (unpaired) electrons. The maximum Gasteiger partial charge on any atom is 0.416 e. The fraction of sp³-hybridized carbons (Fsp3) is 0.333. The van der Waals surface area contributed by atoms with Crippen LogP contribution in [0.15, 0.2) is 18.2 Å². The van der Waals surface area contributed by atoms with E-state index < -0.39 is 24.2 Å². The molecule has 0 unspecified atom stereocenters. The lowest BCUT2D eigenvalue weighted by Crippen LogP contribution is -2.19. The molecule has 0 fully saturated rings. The smallest absolute Gasteiger partial charge is 0.319 e. The van der Waals surface area contributed by atoms with Crippen molar-refractivity contribution in [2.45, 2.75) is 18.6 Å². The molecule has 0 saturated heterocycles. The van der Waals surface area contributed by atoms with Crippen molar-refractivity contribution in [3.8, 4) is 0 Å². The average molecular weight is 260 g/mol. The molecular formula is C9H7ClF5N. The van der Waals surface area contributed by atoms with Gasteiger partial charge in [0, 0.05) is 5.02 Å². The Morgan fingerprint density at radius 1 is 1.12 bits per heavy atom. The maximum absolute atomic E-state index is 12.3. The van der Waals surface area contributed by atoms with Crippen LogP contribution < -0.4 is 5.73 Å². The van der Waals surface area contributed by atoms with Crippen molar-refractivity contribution < 1.29 is 22.0 Å². The number of benzene rings is 1. The fourth-order valence-electron chi connectivity index (χ4n) is 1.11. The van der Waals surface area contributed by atoms with Crippen LogP contribution in [-0.2, 0) is 6.18 Å². The predicted molar refractivity (Wildman–Crippen MR) is 49.4 cm³/mol. The molecule has 0 aliphatic carbocycles. The van der Waals surface area contributed by atoms with Crippen molar-refractivity contribution in [2.24, 2.45) is 5.73 Å². The average Bonchev–Trinajstić information content (AvgIpc) is 2.14. The summed E-state index contributed by atoms with van der Waals surface area (Å²) in [7, 11) is 0. The highest BCUT2D eigenvalue weighted by atomic mass is 35.5. The lowest BCUT2D eigenvalue weighted by Gasteiger charge is -2.14. The highest BCUT2D eigenvalue weighted by Gasteiger charge is 2.32. The SMILES string of the molecule is N[C@H](c1cc(Cl)cc(C(F)(F)F)c1)C(F)F. The summed E-state index contributed by atoms with van der Waals surface area (Å²) in [4.78, 5) is 0. The van der Waals surface area contributed by atoms with Gasteiger partial charge in [-0.25, -0.2) is 8.78 Å². The Morgan fingerprint density at radius 2 is 1.69 bits per heavy atom. The van der Waals surface area contributed by atoms with Crippen molar-refractivity contribution in [2.75, 3.05) is 0 Å². The minimum Gasteiger partial charge on any atom is -0.319 e. The molecule has 7 heteroatoms. The molecule has 1 aromatic rings. The first-order valence-corrected chi connectivity index (χ1v) is 4.51. The van der Waals surface area contributed by atoms with Gasteiger partial charge in [0.2, 0.25) is 0 Å². The second kappa shape index (κ2) is 4.55. The highest BCUT2D eigenvalue weighted by molar-refractivity contribution is 6.30. The molecule has 2 N–H and O–H groups in total. The van der Waals surface area contributed by atoms with Crippen LogP contribution in [0.1, 0.15) is 17.2 Å². The monoisotopic (exact) mass is 259 g/mol. The van der Waals surface area contributed by atoms with E-state index in [1.165, 1.54) is 0 Å². The standard InChI is InChI=1S/C9H7ClF5N/c10-6-2-4(7(16)8(11)12)1-5(3-6)9(13,14)15/h1-3,7-8H,16H2/t7-/m1/s1. The van der Waals surface area contributed by atoms with Crippen LogP contribution in [0.4, 0.5) is 22.0 Å². The molecule has 0 amide bonds. The quantitative estimate of drug-likeness (QED) is 0.807. The van der Waals surface area contributed by atoms with Crippen molar-refractivity contribution in [1.82, 2.24) is 0 Å². The number of halogens is 6. The molecule has 1 rings (SSSR count). The molecule has 0 bridgehead atoms. The lowest BCUT2D eigenvalue weighted by atomic mass is 10.0. The van der Waals surface area contributed by atoms with Gasteiger partial charge in [-0.2, -0.15) is 13.2 Å². The molecular weight excluding hydrogens is 253 g/mol. The second-order valence-corrected chi connectivity index (χ2v) is 3.57. The zero-order chi connectivity index (χ0) is 12.5. The molecule has 0 aliphatic heterocycles. The molecule has 1 aromatic carbocycles. The first-order chi connectivity index (χ1) is 7.21. The molecule has 0 aliphatic rings. The molecule has 1 atom stereocenters. The number of rotatable bonds is 2. The Morgan fingerprint density at radius 3 is 2.12 bits per heavy atom. The van der Waals surface area contributed by atoms with Gasteiger partial charge in [-0.05, 0) is 23.8 Å². The van der Waals surface area contributed by atoms with Gasteiger partial charge in [0.05, 0.1) is 11.6 Å². The van der Waals surface area contributed by atoms with Gasteiger partial charge < -0.3 is 5.73 Å². The summed E-state index contributed by atoms with van der Waals surface area (Å²) in [6.07, 6.45) is -7.58. The first kappa shape index (κ1) is 13.2. The Hall–Kier alpha value is -0.880. The molecule has 0 heterocycles. The Kier molecular flexibility index (Phi) is 3.75. The van der Waals surface area contributed by atoms with Gasteiger partial charge in [0.25, 0.3) is 6.43 Å². The van der Waals surface area contributed by atoms with Crippen molar-refractivity contribution in [3.05, 3.63) is 34.3 Å². The van der Waals surface area contributed by atoms with Crippen LogP contribution in [0, 0.1) is 0 Å². The zero-order valence-corrected chi connectivity index (χ0v) is 8.49. The van der Waals surface area contributed by atoms with Crippen LogP contribution in [-0.4, -0.2) is 6.43 Å². The Balaban J connectivity index is 3.18. The van der Waals surface area contributed by atoms with E-state index in [9.17, 15) is 22.0 Å². The molecule has 0 aromatic heterocycles. The van der Waals surface area contributed by atoms with Gasteiger partial charge in [0.15, 0.2) is 0 Å². The van der Waals surface area contributed by atoms with Gasteiger partial charge in [-0.15, -0.1) is 0 Å². The predicted octanol–water partition coefficient (Wildman–Crippen LogP) is 3.62. The third-order valence-electron chi connectivity index (χ3n) is 1.90. The zero-order valence-electron chi connectivity index (χ0n) is 7.73. The number of hydrogen-bond donors (Lipinski definition) is 1. The van der Waals surface area contributed by atoms with Gasteiger partial charge in [-0.3, -0.25) is 0 Å². The minimum absolute atomic E-state index is 0.277. The van der Waals surface area contributed by atoms with Gasteiger partial charge in [0.1, 0.15) is 0 Å². The minimum atomic E-state index is -4.64. The van der Waals surface area contributed by atoms with Crippen LogP contribution in [0.3, 0.4) is 0 Å². The molecule has 90 valence electrons. The lowest BCUT2D eigenvalue weighted by molar-refractivity contribution is -0.137. The van der Waals surface area contributed by atoms with E-state index in [1.807, 2.05) is 0 Å². The Bertz CT molecular complexity index is 377. The van der Waals surface area contributed by atoms with E-state index in [2.05, 4.69) is 0 Å². The topological polar surface area (TPSA) is 26.0 Å². The number of hydrogen-bond acceptors (Lipinski definition) is 1. The van der Waals surface area contributed by atoms with E-state index in [1.54, 1.807) is 0 Å². The van der Waals surface area contributed by atoms with Crippen LogP contribution in [0.2, 0.25) is 5.02 Å². The number of nitrogens with two attached hydrogens (primary N) is 1. The third-order valence-corrected chi connectivity index (χ3v) is 2.12. The summed E-state index contributed by atoms with van der Waals surface area (Å²) in [5.41, 5.74) is 3.61. The van der Waals surface area contributed by atoms with Crippen molar-refractivity contribution in [3.63, 3.8) is 0 Å². The summed E-state index contributed by atoms with van der Waals surface area (Å²) in [5, 5.41) is -0.277.